The Bertz CT molecular complexity index is 1160. The predicted molar refractivity (Wildman–Crippen MR) is 128 cm³/mol. The van der Waals surface area contributed by atoms with Gasteiger partial charge in [-0.3, -0.25) is 9.88 Å². The first-order chi connectivity index (χ1) is 16.0. The third kappa shape index (κ3) is 4.91. The number of benzene rings is 1. The SMILES string of the molecule is COC(=O)c1cc(C#N)ccc1CN1C(C2=C(Cl)C=CCN2)CCCC1c1ncccc1Cl. The van der Waals surface area contributed by atoms with Gasteiger partial charge in [0.05, 0.1) is 52.1 Å². The number of nitriles is 1. The number of halogens is 2. The summed E-state index contributed by atoms with van der Waals surface area (Å²) in [6.45, 7) is 1.15. The predicted octanol–water partition coefficient (Wildman–Crippen LogP) is 5.10. The molecule has 8 heteroatoms. The molecule has 170 valence electrons. The van der Waals surface area contributed by atoms with Crippen molar-refractivity contribution in [3.05, 3.63) is 86.8 Å². The van der Waals surface area contributed by atoms with Crippen LogP contribution in [-0.2, 0) is 11.3 Å². The number of esters is 1. The minimum Gasteiger partial charge on any atom is -0.465 e. The van der Waals surface area contributed by atoms with E-state index in [2.05, 4.69) is 21.3 Å². The lowest BCUT2D eigenvalue weighted by atomic mass is 9.89. The first-order valence-electron chi connectivity index (χ1n) is 10.8. The van der Waals surface area contributed by atoms with Gasteiger partial charge in [-0.15, -0.1) is 0 Å². The van der Waals surface area contributed by atoms with Crippen LogP contribution in [0.3, 0.4) is 0 Å². The molecule has 33 heavy (non-hydrogen) atoms. The number of dihydropyridines is 1. The van der Waals surface area contributed by atoms with Crippen LogP contribution in [0.5, 0.6) is 0 Å². The molecule has 2 atom stereocenters. The van der Waals surface area contributed by atoms with Crippen molar-refractivity contribution in [2.75, 3.05) is 13.7 Å². The minimum atomic E-state index is -0.473. The summed E-state index contributed by atoms with van der Waals surface area (Å²) in [5.41, 5.74) is 3.32. The van der Waals surface area contributed by atoms with E-state index in [9.17, 15) is 10.1 Å². The fourth-order valence-corrected chi connectivity index (χ4v) is 5.11. The fourth-order valence-electron chi connectivity index (χ4n) is 4.58. The van der Waals surface area contributed by atoms with Gasteiger partial charge in [0, 0.05) is 25.0 Å². The Balaban J connectivity index is 1.80. The second kappa shape index (κ2) is 10.4. The molecule has 4 rings (SSSR count). The highest BCUT2D eigenvalue weighted by atomic mass is 35.5. The number of ether oxygens (including phenoxy) is 1. The van der Waals surface area contributed by atoms with E-state index in [-0.39, 0.29) is 12.1 Å². The number of hydrogen-bond donors (Lipinski definition) is 1. The van der Waals surface area contributed by atoms with Gasteiger partial charge in [0.2, 0.25) is 0 Å². The van der Waals surface area contributed by atoms with Gasteiger partial charge >= 0.3 is 5.97 Å². The van der Waals surface area contributed by atoms with Crippen LogP contribution in [0.25, 0.3) is 0 Å². The lowest BCUT2D eigenvalue weighted by Crippen LogP contribution is -2.46. The zero-order valence-corrected chi connectivity index (χ0v) is 19.7. The Morgan fingerprint density at radius 3 is 2.85 bits per heavy atom. The number of carbonyl (C=O) groups excluding carboxylic acids is 1. The Labute approximate surface area is 203 Å². The number of hydrogen-bond acceptors (Lipinski definition) is 6. The van der Waals surface area contributed by atoms with Gasteiger partial charge in [-0.1, -0.05) is 35.3 Å². The van der Waals surface area contributed by atoms with Gasteiger partial charge in [0.15, 0.2) is 0 Å². The first kappa shape index (κ1) is 23.3. The Hall–Kier alpha value is -2.85. The van der Waals surface area contributed by atoms with Crippen LogP contribution in [0.1, 0.15) is 52.5 Å². The van der Waals surface area contributed by atoms with E-state index in [0.717, 1.165) is 36.2 Å². The van der Waals surface area contributed by atoms with Crippen molar-refractivity contribution in [3.8, 4) is 6.07 Å². The summed E-state index contributed by atoms with van der Waals surface area (Å²) in [4.78, 5) is 19.5. The largest absolute Gasteiger partial charge is 0.465 e. The number of nitrogens with one attached hydrogen (secondary N) is 1. The lowest BCUT2D eigenvalue weighted by Gasteiger charge is -2.44. The minimum absolute atomic E-state index is 0.0135. The Kier molecular flexibility index (Phi) is 7.34. The molecule has 0 bridgehead atoms. The molecule has 0 aliphatic carbocycles. The van der Waals surface area contributed by atoms with Gasteiger partial charge in [-0.05, 0) is 55.2 Å². The number of nitrogens with zero attached hydrogens (tertiary/aromatic N) is 3. The van der Waals surface area contributed by atoms with Gasteiger partial charge in [0.25, 0.3) is 0 Å². The number of allylic oxidation sites excluding steroid dienone is 2. The maximum atomic E-state index is 12.5. The van der Waals surface area contributed by atoms with Crippen LogP contribution in [0.4, 0.5) is 0 Å². The third-order valence-corrected chi connectivity index (χ3v) is 6.77. The molecule has 0 saturated carbocycles. The number of piperidine rings is 1. The molecule has 1 aromatic carbocycles. The molecule has 1 fully saturated rings. The van der Waals surface area contributed by atoms with Crippen molar-refractivity contribution in [2.45, 2.75) is 37.9 Å². The lowest BCUT2D eigenvalue weighted by molar-refractivity contribution is 0.0590. The summed E-state index contributed by atoms with van der Waals surface area (Å²) in [5, 5.41) is 14.0. The second-order valence-electron chi connectivity index (χ2n) is 8.03. The van der Waals surface area contributed by atoms with E-state index in [1.54, 1.807) is 18.3 Å². The Morgan fingerprint density at radius 2 is 2.12 bits per heavy atom. The summed E-state index contributed by atoms with van der Waals surface area (Å²) in [6.07, 6.45) is 8.41. The molecule has 2 aromatic rings. The van der Waals surface area contributed by atoms with Crippen molar-refractivity contribution in [2.24, 2.45) is 0 Å². The van der Waals surface area contributed by atoms with Crippen LogP contribution >= 0.6 is 23.2 Å². The highest BCUT2D eigenvalue weighted by Crippen LogP contribution is 2.40. The Morgan fingerprint density at radius 1 is 1.30 bits per heavy atom. The summed E-state index contributed by atoms with van der Waals surface area (Å²) in [7, 11) is 1.34. The summed E-state index contributed by atoms with van der Waals surface area (Å²) < 4.78 is 5.00. The van der Waals surface area contributed by atoms with Gasteiger partial charge in [0.1, 0.15) is 0 Å². The first-order valence-corrected chi connectivity index (χ1v) is 11.6. The molecule has 2 aliphatic rings. The van der Waals surface area contributed by atoms with E-state index in [1.165, 1.54) is 7.11 Å². The zero-order valence-electron chi connectivity index (χ0n) is 18.2. The average Bonchev–Trinajstić information content (AvgIpc) is 2.85. The van der Waals surface area contributed by atoms with Gasteiger partial charge in [-0.25, -0.2) is 4.79 Å². The van der Waals surface area contributed by atoms with Crippen LogP contribution in [0.15, 0.2) is 59.4 Å². The summed E-state index contributed by atoms with van der Waals surface area (Å²) in [5.74, 6) is -0.473. The normalized spacial score (nSPS) is 20.8. The maximum absolute atomic E-state index is 12.5. The van der Waals surface area contributed by atoms with E-state index < -0.39 is 5.97 Å². The van der Waals surface area contributed by atoms with Gasteiger partial charge in [-0.2, -0.15) is 5.26 Å². The van der Waals surface area contributed by atoms with Crippen molar-refractivity contribution >= 4 is 29.2 Å². The molecule has 2 unspecified atom stereocenters. The second-order valence-corrected chi connectivity index (χ2v) is 8.84. The average molecular weight is 483 g/mol. The highest BCUT2D eigenvalue weighted by Gasteiger charge is 2.37. The molecule has 2 aliphatic heterocycles. The van der Waals surface area contributed by atoms with Crippen molar-refractivity contribution in [3.63, 3.8) is 0 Å². The number of aromatic nitrogens is 1. The maximum Gasteiger partial charge on any atom is 0.338 e. The molecule has 1 saturated heterocycles. The molecule has 0 spiro atoms. The standard InChI is InChI=1S/C25H24Cl2N4O2/c1-33-25(32)18-13-16(14-28)9-10-17(18)15-31-21(23-19(26)5-3-11-29-23)7-2-8-22(31)24-20(27)6-4-12-30-24/h3-6,9-11,13,21-22,30H,2,7-8,12,15H2,1H3. The number of methoxy groups -OCH3 is 1. The third-order valence-electron chi connectivity index (χ3n) is 6.12. The molecule has 0 radical (unpaired) electrons. The summed E-state index contributed by atoms with van der Waals surface area (Å²) >= 11 is 13.2. The number of rotatable bonds is 5. The van der Waals surface area contributed by atoms with Crippen molar-refractivity contribution in [1.29, 1.82) is 5.26 Å². The van der Waals surface area contributed by atoms with E-state index in [0.29, 0.717) is 34.3 Å². The molecule has 6 nitrogen and oxygen atoms in total. The van der Waals surface area contributed by atoms with Crippen LogP contribution in [0, 0.1) is 11.3 Å². The van der Waals surface area contributed by atoms with Gasteiger partial charge < -0.3 is 10.1 Å². The molecule has 3 heterocycles. The smallest absolute Gasteiger partial charge is 0.338 e. The van der Waals surface area contributed by atoms with E-state index in [4.69, 9.17) is 27.9 Å². The van der Waals surface area contributed by atoms with Crippen LogP contribution < -0.4 is 5.32 Å². The molecular formula is C25H24Cl2N4O2. The van der Waals surface area contributed by atoms with Crippen LogP contribution in [0.2, 0.25) is 5.02 Å². The van der Waals surface area contributed by atoms with E-state index in [1.807, 2.05) is 30.4 Å². The van der Waals surface area contributed by atoms with Crippen molar-refractivity contribution < 1.29 is 9.53 Å². The van der Waals surface area contributed by atoms with Crippen LogP contribution in [-0.4, -0.2) is 35.5 Å². The zero-order chi connectivity index (χ0) is 23.4. The number of carbonyl (C=O) groups is 1. The molecule has 0 amide bonds. The molecule has 1 aromatic heterocycles. The topological polar surface area (TPSA) is 78.2 Å². The molecule has 1 N–H and O–H groups in total. The number of likely N-dealkylation sites (tertiary alicyclic amines) is 1. The quantitative estimate of drug-likeness (QED) is 0.597. The number of pyridine rings is 1. The highest BCUT2D eigenvalue weighted by molar-refractivity contribution is 6.31. The van der Waals surface area contributed by atoms with E-state index >= 15 is 0 Å². The molecular weight excluding hydrogens is 459 g/mol. The fraction of sp³-hybridized carbons (Fsp3) is 0.320. The summed E-state index contributed by atoms with van der Waals surface area (Å²) in [6, 6.07) is 10.8. The monoisotopic (exact) mass is 482 g/mol. The van der Waals surface area contributed by atoms with Crippen molar-refractivity contribution in [1.82, 2.24) is 15.2 Å².